The number of ketones is 1. The van der Waals surface area contributed by atoms with Crippen LogP contribution in [0.15, 0.2) is 18.2 Å². The van der Waals surface area contributed by atoms with Crippen LogP contribution in [0.2, 0.25) is 5.02 Å². The fourth-order valence-electron chi connectivity index (χ4n) is 1.11. The molecule has 0 heterocycles. The van der Waals surface area contributed by atoms with Gasteiger partial charge in [-0.3, -0.25) is 4.79 Å². The van der Waals surface area contributed by atoms with Gasteiger partial charge in [-0.05, 0) is 18.2 Å². The molecule has 0 spiro atoms. The Morgan fingerprint density at radius 1 is 1.40 bits per heavy atom. The number of carbonyl (C=O) groups is 1. The van der Waals surface area contributed by atoms with Crippen molar-refractivity contribution in [1.82, 2.24) is 0 Å². The summed E-state index contributed by atoms with van der Waals surface area (Å²) in [5.74, 6) is -0.270. The summed E-state index contributed by atoms with van der Waals surface area (Å²) >= 11 is 5.59. The second kappa shape index (κ2) is 4.23. The number of carbonyl (C=O) groups excluding carboxylic acids is 1. The van der Waals surface area contributed by atoms with Crippen molar-refractivity contribution < 1.29 is 18.0 Å². The van der Waals surface area contributed by atoms with Gasteiger partial charge >= 0.3 is 6.18 Å². The van der Waals surface area contributed by atoms with Crippen LogP contribution in [0.1, 0.15) is 29.3 Å². The van der Waals surface area contributed by atoms with E-state index in [1.165, 1.54) is 0 Å². The summed E-state index contributed by atoms with van der Waals surface area (Å²) in [4.78, 5) is 11.2. The van der Waals surface area contributed by atoms with Gasteiger partial charge in [0, 0.05) is 12.0 Å². The van der Waals surface area contributed by atoms with Gasteiger partial charge in [-0.15, -0.1) is 0 Å². The van der Waals surface area contributed by atoms with E-state index < -0.39 is 11.7 Å². The third-order valence-corrected chi connectivity index (χ3v) is 2.23. The Labute approximate surface area is 89.9 Å². The van der Waals surface area contributed by atoms with Crippen molar-refractivity contribution in [3.63, 3.8) is 0 Å². The summed E-state index contributed by atoms with van der Waals surface area (Å²) in [5.41, 5.74) is -0.715. The number of hydrogen-bond acceptors (Lipinski definition) is 1. The molecule has 1 rings (SSSR count). The van der Waals surface area contributed by atoms with Gasteiger partial charge in [0.1, 0.15) is 0 Å². The van der Waals surface area contributed by atoms with Gasteiger partial charge in [0.2, 0.25) is 0 Å². The first kappa shape index (κ1) is 12.0. The molecule has 0 aliphatic rings. The van der Waals surface area contributed by atoms with Crippen molar-refractivity contribution in [1.29, 1.82) is 0 Å². The Bertz CT molecular complexity index is 385. The zero-order chi connectivity index (χ0) is 11.6. The fourth-order valence-corrected chi connectivity index (χ4v) is 1.39. The first-order valence-corrected chi connectivity index (χ1v) is 4.64. The van der Waals surface area contributed by atoms with Crippen LogP contribution in [0, 0.1) is 0 Å². The van der Waals surface area contributed by atoms with Crippen molar-refractivity contribution in [2.45, 2.75) is 19.5 Å². The SMILES string of the molecule is CCC(=O)c1ccc(C(F)(F)F)cc1Cl. The zero-order valence-electron chi connectivity index (χ0n) is 7.86. The molecule has 5 heteroatoms. The first-order valence-electron chi connectivity index (χ1n) is 4.26. The maximum Gasteiger partial charge on any atom is 0.416 e. The van der Waals surface area contributed by atoms with Gasteiger partial charge in [-0.2, -0.15) is 13.2 Å². The minimum atomic E-state index is -4.43. The van der Waals surface area contributed by atoms with E-state index in [9.17, 15) is 18.0 Å². The summed E-state index contributed by atoms with van der Waals surface area (Å²) < 4.78 is 36.7. The largest absolute Gasteiger partial charge is 0.416 e. The van der Waals surface area contributed by atoms with Crippen LogP contribution in [-0.2, 0) is 6.18 Å². The minimum absolute atomic E-state index is 0.132. The van der Waals surface area contributed by atoms with E-state index >= 15 is 0 Å². The molecular weight excluding hydrogens is 229 g/mol. The second-order valence-electron chi connectivity index (χ2n) is 2.97. The molecule has 0 aliphatic heterocycles. The Morgan fingerprint density at radius 2 is 2.00 bits per heavy atom. The quantitative estimate of drug-likeness (QED) is 0.711. The maximum atomic E-state index is 12.2. The topological polar surface area (TPSA) is 17.1 Å². The molecule has 1 aromatic rings. The monoisotopic (exact) mass is 236 g/mol. The van der Waals surface area contributed by atoms with E-state index in [2.05, 4.69) is 0 Å². The summed E-state index contributed by atoms with van der Waals surface area (Å²) in [6.45, 7) is 1.62. The highest BCUT2D eigenvalue weighted by Gasteiger charge is 2.31. The zero-order valence-corrected chi connectivity index (χ0v) is 8.62. The number of Topliss-reactive ketones (excluding diaryl/α,β-unsaturated/α-hetero) is 1. The Morgan fingerprint density at radius 3 is 2.40 bits per heavy atom. The second-order valence-corrected chi connectivity index (χ2v) is 3.38. The Balaban J connectivity index is 3.15. The average molecular weight is 237 g/mol. The van der Waals surface area contributed by atoms with Gasteiger partial charge in [0.15, 0.2) is 5.78 Å². The molecule has 0 saturated heterocycles. The number of rotatable bonds is 2. The number of hydrogen-bond donors (Lipinski definition) is 0. The normalized spacial score (nSPS) is 11.5. The summed E-state index contributed by atoms with van der Waals surface area (Å²) in [6.07, 6.45) is -4.22. The molecule has 0 fully saturated rings. The summed E-state index contributed by atoms with van der Waals surface area (Å²) in [7, 11) is 0. The Kier molecular flexibility index (Phi) is 3.39. The molecule has 0 bridgehead atoms. The number of halogens is 4. The fraction of sp³-hybridized carbons (Fsp3) is 0.300. The lowest BCUT2D eigenvalue weighted by Gasteiger charge is -2.08. The van der Waals surface area contributed by atoms with Crippen LogP contribution in [-0.4, -0.2) is 5.78 Å². The van der Waals surface area contributed by atoms with Crippen LogP contribution >= 0.6 is 11.6 Å². The van der Waals surface area contributed by atoms with E-state index in [1.807, 2.05) is 0 Å². The van der Waals surface area contributed by atoms with Gasteiger partial charge < -0.3 is 0 Å². The highest BCUT2D eigenvalue weighted by molar-refractivity contribution is 6.34. The third kappa shape index (κ3) is 2.72. The molecule has 0 atom stereocenters. The minimum Gasteiger partial charge on any atom is -0.294 e. The standard InChI is InChI=1S/C10H8ClF3O/c1-2-9(15)7-4-3-6(5-8(7)11)10(12,13)14/h3-5H,2H2,1H3. The molecule has 0 amide bonds. The van der Waals surface area contributed by atoms with Crippen molar-refractivity contribution in [2.75, 3.05) is 0 Å². The average Bonchev–Trinajstić information content (AvgIpc) is 2.15. The lowest BCUT2D eigenvalue weighted by atomic mass is 10.1. The van der Waals surface area contributed by atoms with E-state index in [0.717, 1.165) is 18.2 Å². The Hall–Kier alpha value is -1.03. The highest BCUT2D eigenvalue weighted by Crippen LogP contribution is 2.32. The molecule has 0 radical (unpaired) electrons. The van der Waals surface area contributed by atoms with Crippen molar-refractivity contribution in [3.05, 3.63) is 34.3 Å². The molecular formula is C10H8ClF3O. The molecule has 0 aromatic heterocycles. The summed E-state index contributed by atoms with van der Waals surface area (Å²) in [6, 6.07) is 2.73. The smallest absolute Gasteiger partial charge is 0.294 e. The molecule has 0 unspecified atom stereocenters. The van der Waals surface area contributed by atoms with Crippen LogP contribution in [0.25, 0.3) is 0 Å². The first-order chi connectivity index (χ1) is 6.86. The van der Waals surface area contributed by atoms with Crippen molar-refractivity contribution in [2.24, 2.45) is 0 Å². The highest BCUT2D eigenvalue weighted by atomic mass is 35.5. The van der Waals surface area contributed by atoms with Gasteiger partial charge in [0.25, 0.3) is 0 Å². The van der Waals surface area contributed by atoms with E-state index in [-0.39, 0.29) is 22.8 Å². The van der Waals surface area contributed by atoms with Crippen LogP contribution in [0.5, 0.6) is 0 Å². The van der Waals surface area contributed by atoms with Gasteiger partial charge in [-0.25, -0.2) is 0 Å². The summed E-state index contributed by atoms with van der Waals surface area (Å²) in [5, 5.41) is -0.156. The van der Waals surface area contributed by atoms with Crippen molar-refractivity contribution >= 4 is 17.4 Å². The third-order valence-electron chi connectivity index (χ3n) is 1.92. The van der Waals surface area contributed by atoms with E-state index in [4.69, 9.17) is 11.6 Å². The lowest BCUT2D eigenvalue weighted by Crippen LogP contribution is -2.06. The van der Waals surface area contributed by atoms with Crippen LogP contribution in [0.3, 0.4) is 0 Å². The molecule has 1 nitrogen and oxygen atoms in total. The maximum absolute atomic E-state index is 12.2. The van der Waals surface area contributed by atoms with Gasteiger partial charge in [0.05, 0.1) is 10.6 Å². The number of alkyl halides is 3. The molecule has 0 N–H and O–H groups in total. The van der Waals surface area contributed by atoms with Crippen LogP contribution in [0.4, 0.5) is 13.2 Å². The molecule has 0 aliphatic carbocycles. The van der Waals surface area contributed by atoms with Crippen LogP contribution < -0.4 is 0 Å². The predicted molar refractivity (Wildman–Crippen MR) is 51.1 cm³/mol. The van der Waals surface area contributed by atoms with Gasteiger partial charge in [-0.1, -0.05) is 18.5 Å². The number of benzene rings is 1. The molecule has 82 valence electrons. The molecule has 0 saturated carbocycles. The predicted octanol–water partition coefficient (Wildman–Crippen LogP) is 3.95. The van der Waals surface area contributed by atoms with E-state index in [1.54, 1.807) is 6.92 Å². The van der Waals surface area contributed by atoms with E-state index in [0.29, 0.717) is 0 Å². The molecule has 1 aromatic carbocycles. The molecule has 15 heavy (non-hydrogen) atoms. The lowest BCUT2D eigenvalue weighted by molar-refractivity contribution is -0.137. The van der Waals surface area contributed by atoms with Crippen molar-refractivity contribution in [3.8, 4) is 0 Å².